The molecule has 0 radical (unpaired) electrons. The van der Waals surface area contributed by atoms with Gasteiger partial charge >= 0.3 is 0 Å². The van der Waals surface area contributed by atoms with Crippen molar-refractivity contribution in [3.8, 4) is 0 Å². The Morgan fingerprint density at radius 3 is 2.10 bits per heavy atom. The van der Waals surface area contributed by atoms with Gasteiger partial charge in [-0.05, 0) is 93.6 Å². The fourth-order valence-corrected chi connectivity index (χ4v) is 6.99. The third kappa shape index (κ3) is 7.65. The van der Waals surface area contributed by atoms with Crippen LogP contribution in [0.25, 0.3) is 0 Å². The average Bonchev–Trinajstić information content (AvgIpc) is 3.44. The van der Waals surface area contributed by atoms with Gasteiger partial charge in [-0.1, -0.05) is 65.9 Å². The number of hydrogen-bond acceptors (Lipinski definition) is 4. The Bertz CT molecular complexity index is 1530. The zero-order chi connectivity index (χ0) is 30.6. The molecule has 10 heteroatoms. The molecule has 4 rings (SSSR count). The molecule has 1 aliphatic carbocycles. The first-order valence-corrected chi connectivity index (χ1v) is 16.3. The Hall–Kier alpha value is -3.07. The predicted octanol–water partition coefficient (Wildman–Crippen LogP) is 6.59. The van der Waals surface area contributed by atoms with E-state index in [0.717, 1.165) is 46.7 Å². The van der Waals surface area contributed by atoms with Gasteiger partial charge in [-0.15, -0.1) is 0 Å². The third-order valence-corrected chi connectivity index (χ3v) is 10.1. The van der Waals surface area contributed by atoms with Crippen LogP contribution >= 0.6 is 23.2 Å². The van der Waals surface area contributed by atoms with E-state index in [1.54, 1.807) is 49.4 Å². The van der Waals surface area contributed by atoms with Crippen molar-refractivity contribution in [1.29, 1.82) is 0 Å². The average molecular weight is 631 g/mol. The van der Waals surface area contributed by atoms with E-state index in [1.165, 1.54) is 17.0 Å². The topological polar surface area (TPSA) is 86.8 Å². The lowest BCUT2D eigenvalue weighted by Gasteiger charge is -2.32. The van der Waals surface area contributed by atoms with E-state index >= 15 is 0 Å². The number of halogens is 2. The third-order valence-electron chi connectivity index (χ3n) is 7.59. The lowest BCUT2D eigenvalue weighted by atomic mass is 10.1. The van der Waals surface area contributed by atoms with Crippen LogP contribution in [0.15, 0.2) is 65.6 Å². The summed E-state index contributed by atoms with van der Waals surface area (Å²) in [6.07, 6.45) is 3.89. The summed E-state index contributed by atoms with van der Waals surface area (Å²) >= 11 is 12.4. The SMILES string of the molecule is Cc1ccc(S(=O)(=O)N(CC(=O)N(Cc2ccc(Cl)c(Cl)c2)[C@H](C)C(=O)NC2CCCC2)c2cc(C)cc(C)c2)cc1. The highest BCUT2D eigenvalue weighted by atomic mass is 35.5. The van der Waals surface area contributed by atoms with Crippen LogP contribution < -0.4 is 9.62 Å². The highest BCUT2D eigenvalue weighted by Gasteiger charge is 2.33. The summed E-state index contributed by atoms with van der Waals surface area (Å²) in [5.41, 5.74) is 3.67. The molecule has 0 aromatic heterocycles. The Labute approximate surface area is 258 Å². The van der Waals surface area contributed by atoms with Gasteiger partial charge in [-0.3, -0.25) is 13.9 Å². The number of anilines is 1. The molecule has 7 nitrogen and oxygen atoms in total. The molecule has 42 heavy (non-hydrogen) atoms. The van der Waals surface area contributed by atoms with Crippen LogP contribution in [0.5, 0.6) is 0 Å². The van der Waals surface area contributed by atoms with Gasteiger partial charge in [0.25, 0.3) is 10.0 Å². The minimum absolute atomic E-state index is 0.0419. The molecule has 3 aromatic carbocycles. The van der Waals surface area contributed by atoms with Gasteiger partial charge < -0.3 is 10.2 Å². The van der Waals surface area contributed by atoms with Crippen LogP contribution in [0.1, 0.15) is 54.9 Å². The van der Waals surface area contributed by atoms with Crippen molar-refractivity contribution in [2.45, 2.75) is 76.9 Å². The summed E-state index contributed by atoms with van der Waals surface area (Å²) < 4.78 is 29.2. The number of carbonyl (C=O) groups is 2. The fraction of sp³-hybridized carbons (Fsp3) is 0.375. The Kier molecular flexibility index (Phi) is 10.2. The molecule has 0 saturated heterocycles. The van der Waals surface area contributed by atoms with Crippen molar-refractivity contribution in [3.05, 3.63) is 93.0 Å². The van der Waals surface area contributed by atoms with E-state index in [2.05, 4.69) is 5.32 Å². The number of rotatable bonds is 10. The molecule has 1 N–H and O–H groups in total. The second-order valence-electron chi connectivity index (χ2n) is 11.1. The van der Waals surface area contributed by atoms with Gasteiger partial charge in [-0.2, -0.15) is 0 Å². The molecule has 0 aliphatic heterocycles. The number of carbonyl (C=O) groups excluding carboxylic acids is 2. The first-order chi connectivity index (χ1) is 19.8. The smallest absolute Gasteiger partial charge is 0.264 e. The maximum Gasteiger partial charge on any atom is 0.264 e. The maximum atomic E-state index is 14.1. The van der Waals surface area contributed by atoms with Crippen LogP contribution in [-0.4, -0.2) is 43.8 Å². The summed E-state index contributed by atoms with van der Waals surface area (Å²) in [7, 11) is -4.14. The standard InChI is InChI=1S/C32H37Cl2N3O4S/c1-21-9-12-28(13-10-21)42(40,41)37(27-16-22(2)15-23(3)17-27)20-31(38)36(19-25-11-14-29(33)30(34)18-25)24(4)32(39)35-26-7-5-6-8-26/h9-18,24,26H,5-8,19-20H2,1-4H3,(H,35,39)/t24-/m1/s1. The van der Waals surface area contributed by atoms with Gasteiger partial charge in [0.15, 0.2) is 0 Å². The van der Waals surface area contributed by atoms with Crippen LogP contribution in [-0.2, 0) is 26.2 Å². The summed E-state index contributed by atoms with van der Waals surface area (Å²) in [6, 6.07) is 16.2. The van der Waals surface area contributed by atoms with Gasteiger partial charge in [0.1, 0.15) is 12.6 Å². The van der Waals surface area contributed by atoms with E-state index in [-0.39, 0.29) is 23.4 Å². The summed E-state index contributed by atoms with van der Waals surface area (Å²) in [6.45, 7) is 6.83. The number of aryl methyl sites for hydroxylation is 3. The molecule has 2 amide bonds. The van der Waals surface area contributed by atoms with Gasteiger partial charge in [0.2, 0.25) is 11.8 Å². The Morgan fingerprint density at radius 1 is 0.881 bits per heavy atom. The highest BCUT2D eigenvalue weighted by molar-refractivity contribution is 7.92. The Morgan fingerprint density at radius 2 is 1.50 bits per heavy atom. The number of benzene rings is 3. The van der Waals surface area contributed by atoms with Crippen molar-refractivity contribution in [1.82, 2.24) is 10.2 Å². The first-order valence-electron chi connectivity index (χ1n) is 14.1. The molecule has 3 aromatic rings. The van der Waals surface area contributed by atoms with E-state index in [0.29, 0.717) is 21.3 Å². The number of amides is 2. The molecule has 1 saturated carbocycles. The molecule has 0 heterocycles. The lowest BCUT2D eigenvalue weighted by Crippen LogP contribution is -2.52. The maximum absolute atomic E-state index is 14.1. The summed E-state index contributed by atoms with van der Waals surface area (Å²) in [5, 5.41) is 3.76. The van der Waals surface area contributed by atoms with Crippen molar-refractivity contribution in [3.63, 3.8) is 0 Å². The number of hydrogen-bond donors (Lipinski definition) is 1. The number of sulfonamides is 1. The van der Waals surface area contributed by atoms with Crippen molar-refractivity contribution in [2.24, 2.45) is 0 Å². The molecule has 224 valence electrons. The largest absolute Gasteiger partial charge is 0.352 e. The molecule has 0 bridgehead atoms. The minimum Gasteiger partial charge on any atom is -0.352 e. The number of nitrogens with zero attached hydrogens (tertiary/aromatic N) is 2. The first kappa shape index (κ1) is 31.9. The highest BCUT2D eigenvalue weighted by Crippen LogP contribution is 2.28. The number of nitrogens with one attached hydrogen (secondary N) is 1. The predicted molar refractivity (Wildman–Crippen MR) is 168 cm³/mol. The monoisotopic (exact) mass is 629 g/mol. The lowest BCUT2D eigenvalue weighted by molar-refractivity contribution is -0.139. The van der Waals surface area contributed by atoms with E-state index < -0.39 is 28.5 Å². The van der Waals surface area contributed by atoms with Gasteiger partial charge in [0, 0.05) is 12.6 Å². The minimum atomic E-state index is -4.14. The fourth-order valence-electron chi connectivity index (χ4n) is 5.27. The molecule has 1 aliphatic rings. The zero-order valence-electron chi connectivity index (χ0n) is 24.4. The van der Waals surface area contributed by atoms with Crippen LogP contribution in [0.4, 0.5) is 5.69 Å². The molecular formula is C32H37Cl2N3O4S. The molecule has 1 atom stereocenters. The quantitative estimate of drug-likeness (QED) is 0.274. The van der Waals surface area contributed by atoms with E-state index in [9.17, 15) is 18.0 Å². The van der Waals surface area contributed by atoms with Gasteiger partial charge in [0.05, 0.1) is 20.6 Å². The van der Waals surface area contributed by atoms with Crippen LogP contribution in [0.3, 0.4) is 0 Å². The van der Waals surface area contributed by atoms with Gasteiger partial charge in [-0.25, -0.2) is 8.42 Å². The normalized spacial score (nSPS) is 14.4. The van der Waals surface area contributed by atoms with Crippen molar-refractivity contribution < 1.29 is 18.0 Å². The molecule has 1 fully saturated rings. The Balaban J connectivity index is 1.72. The zero-order valence-corrected chi connectivity index (χ0v) is 26.7. The van der Waals surface area contributed by atoms with Crippen LogP contribution in [0, 0.1) is 20.8 Å². The second-order valence-corrected chi connectivity index (χ2v) is 13.8. The molecule has 0 spiro atoms. The van der Waals surface area contributed by atoms with E-state index in [1.807, 2.05) is 26.8 Å². The van der Waals surface area contributed by atoms with E-state index in [4.69, 9.17) is 23.2 Å². The second kappa shape index (κ2) is 13.5. The summed E-state index contributed by atoms with van der Waals surface area (Å²) in [4.78, 5) is 29.0. The molecular weight excluding hydrogens is 593 g/mol. The van der Waals surface area contributed by atoms with Crippen molar-refractivity contribution >= 4 is 50.7 Å². The van der Waals surface area contributed by atoms with Crippen molar-refractivity contribution in [2.75, 3.05) is 10.8 Å². The molecule has 0 unspecified atom stereocenters. The summed E-state index contributed by atoms with van der Waals surface area (Å²) in [5.74, 6) is -0.806. The van der Waals surface area contributed by atoms with Crippen LogP contribution in [0.2, 0.25) is 10.0 Å².